The summed E-state index contributed by atoms with van der Waals surface area (Å²) in [5.41, 5.74) is 3.91. The van der Waals surface area contributed by atoms with E-state index in [1.165, 1.54) is 0 Å². The van der Waals surface area contributed by atoms with Crippen molar-refractivity contribution in [3.8, 4) is 16.9 Å². The number of carbonyl (C=O) groups is 1. The molecule has 0 unspecified atom stereocenters. The second kappa shape index (κ2) is 14.4. The fourth-order valence-corrected chi connectivity index (χ4v) is 3.58. The number of nitrogens with one attached hydrogen (secondary N) is 1. The summed E-state index contributed by atoms with van der Waals surface area (Å²) in [6.45, 7) is 5.66. The Labute approximate surface area is 218 Å². The summed E-state index contributed by atoms with van der Waals surface area (Å²) in [6, 6.07) is 21.8. The fourth-order valence-electron chi connectivity index (χ4n) is 3.58. The second-order valence-corrected chi connectivity index (χ2v) is 10.0. The molecule has 1 aliphatic rings. The molecule has 1 saturated heterocycles. The van der Waals surface area contributed by atoms with E-state index in [9.17, 15) is 13.2 Å². The molecule has 0 aliphatic carbocycles. The highest BCUT2D eigenvalue weighted by atomic mass is 32.2. The number of ether oxygens (including phenoxy) is 2. The van der Waals surface area contributed by atoms with E-state index in [2.05, 4.69) is 15.2 Å². The molecule has 0 bridgehead atoms. The molecule has 1 amide bonds. The van der Waals surface area contributed by atoms with Crippen LogP contribution < -0.4 is 10.1 Å². The maximum atomic E-state index is 12.2. The monoisotopic (exact) mass is 527 g/mol. The summed E-state index contributed by atoms with van der Waals surface area (Å²) in [6.07, 6.45) is 2.80. The standard InChI is InChI=1S/C26H29N3O3.CH4O3S/c30-26(28-19-21-4-2-1-3-5-21)18-24-9-6-23(20-27-24)22-7-10-25(11-8-22)32-17-14-29-12-15-31-16-13-29;1-5(2,3)4/h1-11,20H,12-19H2,(H,28,30);1H3,(H,2,3,4). The van der Waals surface area contributed by atoms with Crippen LogP contribution in [-0.2, 0) is 32.6 Å². The first-order valence-corrected chi connectivity index (χ1v) is 13.8. The first kappa shape index (κ1) is 28.3. The minimum atomic E-state index is -3.67. The van der Waals surface area contributed by atoms with E-state index in [-0.39, 0.29) is 12.3 Å². The Balaban J connectivity index is 0.000000695. The topological polar surface area (TPSA) is 118 Å². The normalized spacial score (nSPS) is 13.8. The van der Waals surface area contributed by atoms with Gasteiger partial charge in [0.1, 0.15) is 12.4 Å². The summed E-state index contributed by atoms with van der Waals surface area (Å²) >= 11 is 0. The predicted molar refractivity (Wildman–Crippen MR) is 142 cm³/mol. The van der Waals surface area contributed by atoms with Crippen LogP contribution in [-0.4, -0.2) is 74.5 Å². The second-order valence-electron chi connectivity index (χ2n) is 8.54. The summed E-state index contributed by atoms with van der Waals surface area (Å²) in [7, 11) is -3.67. The van der Waals surface area contributed by atoms with Gasteiger partial charge in [0.25, 0.3) is 10.1 Å². The molecule has 1 aromatic heterocycles. The average Bonchev–Trinajstić information content (AvgIpc) is 2.89. The van der Waals surface area contributed by atoms with Crippen LogP contribution in [0.4, 0.5) is 0 Å². The molecule has 4 rings (SSSR count). The lowest BCUT2D eigenvalue weighted by Crippen LogP contribution is -2.38. The Morgan fingerprint density at radius 3 is 2.30 bits per heavy atom. The van der Waals surface area contributed by atoms with Crippen LogP contribution in [0.5, 0.6) is 5.75 Å². The Morgan fingerprint density at radius 2 is 1.68 bits per heavy atom. The molecule has 2 heterocycles. The lowest BCUT2D eigenvalue weighted by molar-refractivity contribution is -0.120. The fraction of sp³-hybridized carbons (Fsp3) is 0.333. The van der Waals surface area contributed by atoms with Gasteiger partial charge in [-0.3, -0.25) is 19.2 Å². The van der Waals surface area contributed by atoms with Crippen LogP contribution in [0, 0.1) is 0 Å². The van der Waals surface area contributed by atoms with Crippen molar-refractivity contribution in [2.45, 2.75) is 13.0 Å². The van der Waals surface area contributed by atoms with Crippen molar-refractivity contribution in [1.82, 2.24) is 15.2 Å². The maximum absolute atomic E-state index is 12.2. The third-order valence-corrected chi connectivity index (χ3v) is 5.47. The van der Waals surface area contributed by atoms with Crippen LogP contribution >= 0.6 is 0 Å². The quantitative estimate of drug-likeness (QED) is 0.408. The third-order valence-electron chi connectivity index (χ3n) is 5.47. The number of morpholine rings is 1. The summed E-state index contributed by atoms with van der Waals surface area (Å²) in [5.74, 6) is 0.828. The molecular formula is C27H33N3O6S. The zero-order valence-corrected chi connectivity index (χ0v) is 21.7. The zero-order chi connectivity index (χ0) is 26.5. The Bertz CT molecular complexity index is 1190. The Morgan fingerprint density at radius 1 is 1.03 bits per heavy atom. The summed E-state index contributed by atoms with van der Waals surface area (Å²) < 4.78 is 37.1. The highest BCUT2D eigenvalue weighted by Crippen LogP contribution is 2.22. The number of hydrogen-bond donors (Lipinski definition) is 2. The maximum Gasteiger partial charge on any atom is 0.261 e. The predicted octanol–water partition coefficient (Wildman–Crippen LogP) is 2.82. The lowest BCUT2D eigenvalue weighted by Gasteiger charge is -2.26. The summed E-state index contributed by atoms with van der Waals surface area (Å²) in [5, 5.41) is 2.94. The largest absolute Gasteiger partial charge is 0.492 e. The van der Waals surface area contributed by atoms with E-state index in [4.69, 9.17) is 14.0 Å². The number of aromatic nitrogens is 1. The van der Waals surface area contributed by atoms with Gasteiger partial charge in [0, 0.05) is 43.6 Å². The van der Waals surface area contributed by atoms with Gasteiger partial charge in [-0.15, -0.1) is 0 Å². The molecule has 198 valence electrons. The van der Waals surface area contributed by atoms with Crippen LogP contribution in [0.2, 0.25) is 0 Å². The van der Waals surface area contributed by atoms with E-state index in [0.717, 1.165) is 61.0 Å². The first-order chi connectivity index (χ1) is 17.8. The van der Waals surface area contributed by atoms with Crippen molar-refractivity contribution >= 4 is 16.0 Å². The van der Waals surface area contributed by atoms with Crippen LogP contribution in [0.1, 0.15) is 11.3 Å². The number of rotatable bonds is 9. The molecule has 0 saturated carbocycles. The Kier molecular flexibility index (Phi) is 11.0. The number of nitrogens with zero attached hydrogens (tertiary/aromatic N) is 2. The highest BCUT2D eigenvalue weighted by Gasteiger charge is 2.10. The van der Waals surface area contributed by atoms with Gasteiger partial charge in [-0.2, -0.15) is 8.42 Å². The molecule has 10 heteroatoms. The number of hydrogen-bond acceptors (Lipinski definition) is 7. The Hall–Kier alpha value is -3.31. The molecule has 0 spiro atoms. The molecule has 0 atom stereocenters. The van der Waals surface area contributed by atoms with E-state index < -0.39 is 10.1 Å². The minimum Gasteiger partial charge on any atom is -0.492 e. The number of amides is 1. The van der Waals surface area contributed by atoms with E-state index in [1.54, 1.807) is 0 Å². The minimum absolute atomic E-state index is 0.0346. The van der Waals surface area contributed by atoms with Crippen LogP contribution in [0.3, 0.4) is 0 Å². The van der Waals surface area contributed by atoms with Gasteiger partial charge in [0.2, 0.25) is 5.91 Å². The van der Waals surface area contributed by atoms with Gasteiger partial charge in [-0.05, 0) is 29.3 Å². The first-order valence-electron chi connectivity index (χ1n) is 12.0. The van der Waals surface area contributed by atoms with Crippen molar-refractivity contribution in [3.63, 3.8) is 0 Å². The van der Waals surface area contributed by atoms with Gasteiger partial charge >= 0.3 is 0 Å². The molecule has 3 aromatic rings. The third kappa shape index (κ3) is 11.5. The average molecular weight is 528 g/mol. The van der Waals surface area contributed by atoms with Crippen LogP contribution in [0.25, 0.3) is 11.1 Å². The van der Waals surface area contributed by atoms with Gasteiger partial charge in [0.05, 0.1) is 25.9 Å². The van der Waals surface area contributed by atoms with Crippen molar-refractivity contribution in [2.75, 3.05) is 45.7 Å². The van der Waals surface area contributed by atoms with Crippen molar-refractivity contribution < 1.29 is 27.2 Å². The molecule has 2 N–H and O–H groups in total. The zero-order valence-electron chi connectivity index (χ0n) is 20.9. The van der Waals surface area contributed by atoms with E-state index in [0.29, 0.717) is 19.4 Å². The number of carbonyl (C=O) groups excluding carboxylic acids is 1. The molecule has 0 radical (unpaired) electrons. The van der Waals surface area contributed by atoms with E-state index >= 15 is 0 Å². The summed E-state index contributed by atoms with van der Waals surface area (Å²) in [4.78, 5) is 19.0. The smallest absolute Gasteiger partial charge is 0.261 e. The van der Waals surface area contributed by atoms with Gasteiger partial charge < -0.3 is 14.8 Å². The van der Waals surface area contributed by atoms with Crippen molar-refractivity contribution in [1.29, 1.82) is 0 Å². The van der Waals surface area contributed by atoms with Crippen molar-refractivity contribution in [2.24, 2.45) is 0 Å². The van der Waals surface area contributed by atoms with E-state index in [1.807, 2.05) is 72.9 Å². The molecular weight excluding hydrogens is 494 g/mol. The molecule has 2 aromatic carbocycles. The highest BCUT2D eigenvalue weighted by molar-refractivity contribution is 7.85. The molecule has 1 aliphatic heterocycles. The van der Waals surface area contributed by atoms with Gasteiger partial charge in [-0.1, -0.05) is 48.5 Å². The molecule has 1 fully saturated rings. The SMILES string of the molecule is CS(=O)(=O)O.O=C(Cc1ccc(-c2ccc(OCCN3CCOCC3)cc2)cn1)NCc1ccccc1. The van der Waals surface area contributed by atoms with Gasteiger partial charge in [0.15, 0.2) is 0 Å². The van der Waals surface area contributed by atoms with Gasteiger partial charge in [-0.25, -0.2) is 0 Å². The number of pyridine rings is 1. The molecule has 9 nitrogen and oxygen atoms in total. The lowest BCUT2D eigenvalue weighted by atomic mass is 10.1. The number of benzene rings is 2. The van der Waals surface area contributed by atoms with Crippen molar-refractivity contribution in [3.05, 3.63) is 84.2 Å². The molecule has 37 heavy (non-hydrogen) atoms. The van der Waals surface area contributed by atoms with Crippen LogP contribution in [0.15, 0.2) is 72.9 Å².